The van der Waals surface area contributed by atoms with Gasteiger partial charge in [-0.05, 0) is 24.6 Å². The molecule has 0 spiro atoms. The van der Waals surface area contributed by atoms with Crippen LogP contribution >= 0.6 is 11.6 Å². The van der Waals surface area contributed by atoms with Crippen LogP contribution in [0.25, 0.3) is 0 Å². The molecule has 1 aromatic carbocycles. The summed E-state index contributed by atoms with van der Waals surface area (Å²) in [6, 6.07) is 6.15. The van der Waals surface area contributed by atoms with Gasteiger partial charge in [0.25, 0.3) is 0 Å². The zero-order chi connectivity index (χ0) is 10.1. The zero-order valence-corrected chi connectivity index (χ0v) is 7.75. The zero-order valence-electron chi connectivity index (χ0n) is 6.99. The molecular weight excluding hydrogens is 192 g/mol. The van der Waals surface area contributed by atoms with Gasteiger partial charge in [0.2, 0.25) is 0 Å². The van der Waals surface area contributed by atoms with Crippen LogP contribution in [0.2, 0.25) is 5.02 Å². The molecule has 13 heavy (non-hydrogen) atoms. The maximum absolute atomic E-state index is 10.6. The van der Waals surface area contributed by atoms with E-state index >= 15 is 0 Å². The van der Waals surface area contributed by atoms with Crippen molar-refractivity contribution >= 4 is 17.6 Å². The Morgan fingerprint density at radius 3 is 2.62 bits per heavy atom. The minimum atomic E-state index is -1.88. The highest BCUT2D eigenvalue weighted by Crippen LogP contribution is 2.23. The molecule has 1 rings (SSSR count). The fourth-order valence-corrected chi connectivity index (χ4v) is 1.11. The lowest BCUT2D eigenvalue weighted by Crippen LogP contribution is -2.31. The summed E-state index contributed by atoms with van der Waals surface area (Å²) >= 11 is 5.65. The Morgan fingerprint density at radius 2 is 2.15 bits per heavy atom. The van der Waals surface area contributed by atoms with E-state index in [1.807, 2.05) is 0 Å². The van der Waals surface area contributed by atoms with Crippen LogP contribution in [0.4, 0.5) is 0 Å². The quantitative estimate of drug-likeness (QED) is 0.763. The first-order chi connectivity index (χ1) is 5.94. The fourth-order valence-electron chi connectivity index (χ4n) is 0.915. The molecule has 1 atom stereocenters. The number of halogens is 1. The third-order valence-corrected chi connectivity index (χ3v) is 2.04. The Morgan fingerprint density at radius 1 is 1.54 bits per heavy atom. The average Bonchev–Trinajstić information content (AvgIpc) is 2.04. The maximum Gasteiger partial charge on any atom is 0.340 e. The van der Waals surface area contributed by atoms with Gasteiger partial charge < -0.3 is 10.2 Å². The number of carbonyl (C=O) groups is 1. The number of rotatable bonds is 2. The van der Waals surface area contributed by atoms with Crippen LogP contribution in [0.3, 0.4) is 0 Å². The molecule has 0 unspecified atom stereocenters. The Bertz CT molecular complexity index is 333. The normalized spacial score (nSPS) is 15.0. The van der Waals surface area contributed by atoms with Crippen molar-refractivity contribution in [1.29, 1.82) is 0 Å². The lowest BCUT2D eigenvalue weighted by Gasteiger charge is -2.18. The smallest absolute Gasteiger partial charge is 0.340 e. The molecule has 0 saturated carbocycles. The molecule has 0 aliphatic rings. The van der Waals surface area contributed by atoms with Crippen molar-refractivity contribution in [2.75, 3.05) is 0 Å². The second-order valence-electron chi connectivity index (χ2n) is 2.89. The number of aliphatic carboxylic acids is 1. The highest BCUT2D eigenvalue weighted by Gasteiger charge is 2.31. The first kappa shape index (κ1) is 10.0. The molecule has 0 saturated heterocycles. The number of hydrogen-bond donors (Lipinski definition) is 2. The van der Waals surface area contributed by atoms with Crippen molar-refractivity contribution in [3.8, 4) is 0 Å². The molecule has 70 valence electrons. The van der Waals surface area contributed by atoms with Crippen LogP contribution in [-0.2, 0) is 10.4 Å². The lowest BCUT2D eigenvalue weighted by atomic mass is 9.96. The molecule has 4 heteroatoms. The molecule has 2 N–H and O–H groups in total. The van der Waals surface area contributed by atoms with E-state index in [0.29, 0.717) is 5.02 Å². The molecule has 1 aromatic rings. The second kappa shape index (κ2) is 3.36. The molecule has 0 amide bonds. The maximum atomic E-state index is 10.6. The van der Waals surface area contributed by atoms with Gasteiger partial charge in [-0.25, -0.2) is 4.79 Å². The molecule has 0 aliphatic heterocycles. The minimum Gasteiger partial charge on any atom is -0.479 e. The van der Waals surface area contributed by atoms with Crippen LogP contribution in [-0.4, -0.2) is 16.2 Å². The van der Waals surface area contributed by atoms with E-state index in [2.05, 4.69) is 0 Å². The van der Waals surface area contributed by atoms with Crippen LogP contribution in [0, 0.1) is 0 Å². The first-order valence-corrected chi connectivity index (χ1v) is 4.04. The molecular formula is C9H9ClO3. The van der Waals surface area contributed by atoms with E-state index in [4.69, 9.17) is 16.7 Å². The molecule has 0 bridgehead atoms. The Balaban J connectivity index is 3.14. The highest BCUT2D eigenvalue weighted by atomic mass is 35.5. The van der Waals surface area contributed by atoms with Gasteiger partial charge in [-0.2, -0.15) is 0 Å². The fraction of sp³-hybridized carbons (Fsp3) is 0.222. The standard InChI is InChI=1S/C9H9ClO3/c1-9(13,8(11)12)6-3-2-4-7(10)5-6/h2-5,13H,1H3,(H,11,12)/t9-/m0/s1. The summed E-state index contributed by atoms with van der Waals surface area (Å²) in [5, 5.41) is 18.6. The number of carboxylic acids is 1. The van der Waals surface area contributed by atoms with E-state index in [1.54, 1.807) is 12.1 Å². The Hall–Kier alpha value is -1.06. The summed E-state index contributed by atoms with van der Waals surface area (Å²) in [7, 11) is 0. The van der Waals surface area contributed by atoms with Gasteiger partial charge in [0.05, 0.1) is 0 Å². The topological polar surface area (TPSA) is 57.5 Å². The summed E-state index contributed by atoms with van der Waals surface area (Å²) in [6.45, 7) is 1.21. The van der Waals surface area contributed by atoms with Crippen LogP contribution < -0.4 is 0 Å². The summed E-state index contributed by atoms with van der Waals surface area (Å²) in [5.74, 6) is -1.30. The van der Waals surface area contributed by atoms with Crippen molar-refractivity contribution in [3.63, 3.8) is 0 Å². The predicted octanol–water partition coefficient (Wildman–Crippen LogP) is 1.63. The van der Waals surface area contributed by atoms with E-state index in [1.165, 1.54) is 19.1 Å². The molecule has 0 heterocycles. The highest BCUT2D eigenvalue weighted by molar-refractivity contribution is 6.30. The SMILES string of the molecule is C[C@@](O)(C(=O)O)c1cccc(Cl)c1. The lowest BCUT2D eigenvalue weighted by molar-refractivity contribution is -0.157. The number of carboxylic acid groups (broad SMARTS) is 1. The van der Waals surface area contributed by atoms with Gasteiger partial charge in [-0.1, -0.05) is 23.7 Å². The minimum absolute atomic E-state index is 0.271. The molecule has 0 aliphatic carbocycles. The van der Waals surface area contributed by atoms with Crippen LogP contribution in [0.5, 0.6) is 0 Å². The second-order valence-corrected chi connectivity index (χ2v) is 3.32. The number of aliphatic hydroxyl groups is 1. The third-order valence-electron chi connectivity index (χ3n) is 1.80. The average molecular weight is 201 g/mol. The number of hydrogen-bond acceptors (Lipinski definition) is 2. The Kier molecular flexibility index (Phi) is 2.59. The summed E-state index contributed by atoms with van der Waals surface area (Å²) < 4.78 is 0. The molecule has 0 aromatic heterocycles. The van der Waals surface area contributed by atoms with Crippen molar-refractivity contribution < 1.29 is 15.0 Å². The van der Waals surface area contributed by atoms with Crippen molar-refractivity contribution in [2.45, 2.75) is 12.5 Å². The van der Waals surface area contributed by atoms with Gasteiger partial charge >= 0.3 is 5.97 Å². The molecule has 3 nitrogen and oxygen atoms in total. The summed E-state index contributed by atoms with van der Waals surface area (Å²) in [5.41, 5.74) is -1.61. The van der Waals surface area contributed by atoms with Crippen LogP contribution in [0.1, 0.15) is 12.5 Å². The first-order valence-electron chi connectivity index (χ1n) is 3.66. The number of benzene rings is 1. The van der Waals surface area contributed by atoms with Gasteiger partial charge in [0, 0.05) is 5.02 Å². The van der Waals surface area contributed by atoms with Gasteiger partial charge in [-0.15, -0.1) is 0 Å². The van der Waals surface area contributed by atoms with Gasteiger partial charge in [0.15, 0.2) is 5.60 Å². The van der Waals surface area contributed by atoms with E-state index in [-0.39, 0.29) is 5.56 Å². The van der Waals surface area contributed by atoms with Crippen LogP contribution in [0.15, 0.2) is 24.3 Å². The summed E-state index contributed by atoms with van der Waals surface area (Å²) in [6.07, 6.45) is 0. The van der Waals surface area contributed by atoms with Gasteiger partial charge in [-0.3, -0.25) is 0 Å². The predicted molar refractivity (Wildman–Crippen MR) is 48.7 cm³/mol. The van der Waals surface area contributed by atoms with Crippen molar-refractivity contribution in [3.05, 3.63) is 34.9 Å². The van der Waals surface area contributed by atoms with E-state index in [0.717, 1.165) is 0 Å². The summed E-state index contributed by atoms with van der Waals surface area (Å²) in [4.78, 5) is 10.6. The molecule has 0 radical (unpaired) electrons. The van der Waals surface area contributed by atoms with Crippen molar-refractivity contribution in [1.82, 2.24) is 0 Å². The third kappa shape index (κ3) is 1.99. The molecule has 0 fully saturated rings. The monoisotopic (exact) mass is 200 g/mol. The van der Waals surface area contributed by atoms with E-state index < -0.39 is 11.6 Å². The van der Waals surface area contributed by atoms with E-state index in [9.17, 15) is 9.90 Å². The van der Waals surface area contributed by atoms with Gasteiger partial charge in [0.1, 0.15) is 0 Å². The van der Waals surface area contributed by atoms with Crippen molar-refractivity contribution in [2.24, 2.45) is 0 Å². The Labute approximate surface area is 80.6 Å². The largest absolute Gasteiger partial charge is 0.479 e.